The van der Waals surface area contributed by atoms with Crippen molar-refractivity contribution in [2.45, 2.75) is 25.7 Å². The SMILES string of the molecule is COc1cccc(NC(=O)COc2ccc(C(=O)Nc3ccc(N4CCCCCC4)cc3)cc2)c1. The summed E-state index contributed by atoms with van der Waals surface area (Å²) in [6.45, 7) is 2.03. The van der Waals surface area contributed by atoms with Gasteiger partial charge >= 0.3 is 0 Å². The molecule has 0 unspecified atom stereocenters. The van der Waals surface area contributed by atoms with Crippen molar-refractivity contribution in [3.8, 4) is 11.5 Å². The average Bonchev–Trinajstić information content (AvgIpc) is 3.18. The standard InChI is InChI=1S/C28H31N3O4/c1-34-26-8-6-7-23(19-26)29-27(32)20-35-25-15-9-21(10-16-25)28(33)30-22-11-13-24(14-12-22)31-17-4-2-3-5-18-31/h6-16,19H,2-5,17-18,20H2,1H3,(H,29,32)(H,30,33). The Balaban J connectivity index is 1.26. The van der Waals surface area contributed by atoms with Gasteiger partial charge in [0, 0.05) is 41.8 Å². The van der Waals surface area contributed by atoms with Crippen LogP contribution in [-0.2, 0) is 4.79 Å². The monoisotopic (exact) mass is 473 g/mol. The number of rotatable bonds is 8. The third-order valence-electron chi connectivity index (χ3n) is 5.94. The molecule has 0 bridgehead atoms. The largest absolute Gasteiger partial charge is 0.497 e. The lowest BCUT2D eigenvalue weighted by atomic mass is 10.2. The number of ether oxygens (including phenoxy) is 2. The number of hydrogen-bond acceptors (Lipinski definition) is 5. The molecule has 1 aliphatic rings. The van der Waals surface area contributed by atoms with Gasteiger partial charge in [-0.1, -0.05) is 18.9 Å². The lowest BCUT2D eigenvalue weighted by Gasteiger charge is -2.22. The van der Waals surface area contributed by atoms with Crippen LogP contribution in [0, 0.1) is 0 Å². The molecule has 0 aromatic heterocycles. The van der Waals surface area contributed by atoms with Gasteiger partial charge in [-0.25, -0.2) is 0 Å². The molecule has 0 aliphatic carbocycles. The van der Waals surface area contributed by atoms with E-state index in [0.29, 0.717) is 22.7 Å². The quantitative estimate of drug-likeness (QED) is 0.461. The molecule has 182 valence electrons. The topological polar surface area (TPSA) is 79.9 Å². The molecule has 35 heavy (non-hydrogen) atoms. The Bertz CT molecular complexity index is 1120. The summed E-state index contributed by atoms with van der Waals surface area (Å²) in [5.41, 5.74) is 3.09. The summed E-state index contributed by atoms with van der Waals surface area (Å²) in [7, 11) is 1.57. The molecule has 1 heterocycles. The lowest BCUT2D eigenvalue weighted by Crippen LogP contribution is -2.23. The summed E-state index contributed by atoms with van der Waals surface area (Å²) in [6.07, 6.45) is 5.05. The first-order valence-electron chi connectivity index (χ1n) is 11.9. The van der Waals surface area contributed by atoms with Gasteiger partial charge in [-0.2, -0.15) is 0 Å². The van der Waals surface area contributed by atoms with Crippen molar-refractivity contribution >= 4 is 28.9 Å². The van der Waals surface area contributed by atoms with E-state index in [4.69, 9.17) is 9.47 Å². The van der Waals surface area contributed by atoms with Gasteiger partial charge < -0.3 is 25.0 Å². The van der Waals surface area contributed by atoms with Crippen LogP contribution in [0.25, 0.3) is 0 Å². The number of carbonyl (C=O) groups is 2. The van der Waals surface area contributed by atoms with E-state index in [0.717, 1.165) is 18.8 Å². The highest BCUT2D eigenvalue weighted by Gasteiger charge is 2.11. The predicted octanol–water partition coefficient (Wildman–Crippen LogP) is 5.35. The molecular weight excluding hydrogens is 442 g/mol. The zero-order valence-electron chi connectivity index (χ0n) is 20.0. The number of amides is 2. The zero-order chi connectivity index (χ0) is 24.5. The van der Waals surface area contributed by atoms with Gasteiger partial charge in [0.1, 0.15) is 11.5 Å². The van der Waals surface area contributed by atoms with Gasteiger partial charge in [0.2, 0.25) is 0 Å². The van der Waals surface area contributed by atoms with Crippen LogP contribution in [0.1, 0.15) is 36.0 Å². The zero-order valence-corrected chi connectivity index (χ0v) is 20.0. The van der Waals surface area contributed by atoms with E-state index < -0.39 is 0 Å². The van der Waals surface area contributed by atoms with Gasteiger partial charge in [0.05, 0.1) is 7.11 Å². The maximum absolute atomic E-state index is 12.6. The highest BCUT2D eigenvalue weighted by molar-refractivity contribution is 6.04. The fourth-order valence-corrected chi connectivity index (χ4v) is 4.04. The number of anilines is 3. The molecule has 1 aliphatic heterocycles. The fourth-order valence-electron chi connectivity index (χ4n) is 4.04. The molecule has 7 heteroatoms. The van der Waals surface area contributed by atoms with Gasteiger partial charge in [0.15, 0.2) is 6.61 Å². The van der Waals surface area contributed by atoms with E-state index in [1.165, 1.54) is 31.4 Å². The Kier molecular flexibility index (Phi) is 8.22. The highest BCUT2D eigenvalue weighted by Crippen LogP contribution is 2.22. The molecule has 2 N–H and O–H groups in total. The summed E-state index contributed by atoms with van der Waals surface area (Å²) in [5.74, 6) is 0.675. The minimum atomic E-state index is -0.288. The molecule has 0 saturated carbocycles. The molecule has 1 saturated heterocycles. The van der Waals surface area contributed by atoms with Crippen LogP contribution in [0.4, 0.5) is 17.1 Å². The van der Waals surface area contributed by atoms with E-state index in [9.17, 15) is 9.59 Å². The second kappa shape index (κ2) is 11.9. The Labute approximate surface area is 206 Å². The van der Waals surface area contributed by atoms with Crippen LogP contribution in [0.5, 0.6) is 11.5 Å². The maximum Gasteiger partial charge on any atom is 0.262 e. The fraction of sp³-hybridized carbons (Fsp3) is 0.286. The van der Waals surface area contributed by atoms with Gasteiger partial charge in [-0.05, 0) is 73.5 Å². The Morgan fingerprint density at radius 2 is 1.51 bits per heavy atom. The number of nitrogens with zero attached hydrogens (tertiary/aromatic N) is 1. The summed E-state index contributed by atoms with van der Waals surface area (Å²) < 4.78 is 10.7. The molecule has 1 fully saturated rings. The van der Waals surface area contributed by atoms with Crippen LogP contribution in [0.3, 0.4) is 0 Å². The number of methoxy groups -OCH3 is 1. The average molecular weight is 474 g/mol. The predicted molar refractivity (Wildman–Crippen MR) is 139 cm³/mol. The first-order valence-corrected chi connectivity index (χ1v) is 11.9. The highest BCUT2D eigenvalue weighted by atomic mass is 16.5. The second-order valence-corrected chi connectivity index (χ2v) is 8.50. The van der Waals surface area contributed by atoms with Crippen LogP contribution in [-0.4, -0.2) is 38.6 Å². The summed E-state index contributed by atoms with van der Waals surface area (Å²) >= 11 is 0. The van der Waals surface area contributed by atoms with Crippen molar-refractivity contribution in [3.05, 3.63) is 78.4 Å². The van der Waals surface area contributed by atoms with Crippen molar-refractivity contribution in [3.63, 3.8) is 0 Å². The number of nitrogens with one attached hydrogen (secondary N) is 2. The molecule has 3 aromatic carbocycles. The van der Waals surface area contributed by atoms with Crippen molar-refractivity contribution in [2.75, 3.05) is 42.3 Å². The molecule has 0 spiro atoms. The van der Waals surface area contributed by atoms with Crippen LogP contribution in [0.15, 0.2) is 72.8 Å². The van der Waals surface area contributed by atoms with E-state index in [-0.39, 0.29) is 18.4 Å². The maximum atomic E-state index is 12.6. The van der Waals surface area contributed by atoms with E-state index in [2.05, 4.69) is 27.7 Å². The Morgan fingerprint density at radius 3 is 2.20 bits per heavy atom. The normalized spacial score (nSPS) is 13.5. The van der Waals surface area contributed by atoms with Crippen molar-refractivity contribution in [1.82, 2.24) is 0 Å². The molecule has 3 aromatic rings. The first kappa shape index (κ1) is 24.1. The van der Waals surface area contributed by atoms with Gasteiger partial charge in [-0.15, -0.1) is 0 Å². The molecule has 0 atom stereocenters. The van der Waals surface area contributed by atoms with E-state index in [1.807, 2.05) is 12.1 Å². The van der Waals surface area contributed by atoms with E-state index in [1.54, 1.807) is 55.6 Å². The molecule has 2 amide bonds. The van der Waals surface area contributed by atoms with Crippen LogP contribution < -0.4 is 25.0 Å². The minimum absolute atomic E-state index is 0.147. The van der Waals surface area contributed by atoms with Crippen LogP contribution in [0.2, 0.25) is 0 Å². The van der Waals surface area contributed by atoms with Gasteiger partial charge in [-0.3, -0.25) is 9.59 Å². The van der Waals surface area contributed by atoms with E-state index >= 15 is 0 Å². The first-order chi connectivity index (χ1) is 17.1. The lowest BCUT2D eigenvalue weighted by molar-refractivity contribution is -0.118. The molecule has 4 rings (SSSR count). The molecule has 7 nitrogen and oxygen atoms in total. The Morgan fingerprint density at radius 1 is 0.800 bits per heavy atom. The number of carbonyl (C=O) groups excluding carboxylic acids is 2. The third-order valence-corrected chi connectivity index (χ3v) is 5.94. The third kappa shape index (κ3) is 6.99. The van der Waals surface area contributed by atoms with Crippen molar-refractivity contribution in [2.24, 2.45) is 0 Å². The number of hydrogen-bond donors (Lipinski definition) is 2. The number of benzene rings is 3. The smallest absolute Gasteiger partial charge is 0.262 e. The van der Waals surface area contributed by atoms with Crippen LogP contribution >= 0.6 is 0 Å². The minimum Gasteiger partial charge on any atom is -0.497 e. The van der Waals surface area contributed by atoms with Crippen molar-refractivity contribution in [1.29, 1.82) is 0 Å². The second-order valence-electron chi connectivity index (χ2n) is 8.50. The Hall–Kier alpha value is -4.00. The summed E-state index contributed by atoms with van der Waals surface area (Å²) in [6, 6.07) is 21.8. The summed E-state index contributed by atoms with van der Waals surface area (Å²) in [5, 5.41) is 5.69. The molecular formula is C28H31N3O4. The molecule has 0 radical (unpaired) electrons. The summed E-state index contributed by atoms with van der Waals surface area (Å²) in [4.78, 5) is 27.2. The van der Waals surface area contributed by atoms with Gasteiger partial charge in [0.25, 0.3) is 11.8 Å². The van der Waals surface area contributed by atoms with Crippen molar-refractivity contribution < 1.29 is 19.1 Å².